The second-order valence-electron chi connectivity index (χ2n) is 6.19. The number of hydrogen-bond donors (Lipinski definition) is 1. The second-order valence-corrected chi connectivity index (χ2v) is 9.14. The molecular weight excluding hydrogens is 320 g/mol. The van der Waals surface area contributed by atoms with Crippen LogP contribution in [-0.4, -0.2) is 44.0 Å². The summed E-state index contributed by atoms with van der Waals surface area (Å²) >= 11 is 1.68. The van der Waals surface area contributed by atoms with Crippen molar-refractivity contribution in [3.05, 3.63) is 21.4 Å². The molecule has 1 aliphatic carbocycles. The average Bonchev–Trinajstić information content (AvgIpc) is 2.90. The van der Waals surface area contributed by atoms with E-state index in [1.54, 1.807) is 11.3 Å². The van der Waals surface area contributed by atoms with E-state index in [0.29, 0.717) is 13.1 Å². The van der Waals surface area contributed by atoms with Gasteiger partial charge in [-0.1, -0.05) is 0 Å². The van der Waals surface area contributed by atoms with E-state index < -0.39 is 10.0 Å². The molecule has 22 heavy (non-hydrogen) atoms. The first-order valence-corrected chi connectivity index (χ1v) is 10.5. The van der Waals surface area contributed by atoms with Gasteiger partial charge in [-0.05, 0) is 44.1 Å². The maximum Gasteiger partial charge on any atom is 0.252 e. The molecule has 0 aromatic carbocycles. The first-order chi connectivity index (χ1) is 10.4. The van der Waals surface area contributed by atoms with Gasteiger partial charge < -0.3 is 5.32 Å². The molecule has 1 aromatic rings. The number of piperidine rings is 1. The molecule has 1 aliphatic heterocycles. The lowest BCUT2D eigenvalue weighted by atomic mass is 9.95. The van der Waals surface area contributed by atoms with E-state index in [1.165, 1.54) is 27.4 Å². The molecule has 1 atom stereocenters. The summed E-state index contributed by atoms with van der Waals surface area (Å²) in [6.07, 6.45) is 7.28. The molecule has 2 aliphatic rings. The Morgan fingerprint density at radius 1 is 1.32 bits per heavy atom. The highest BCUT2D eigenvalue weighted by molar-refractivity contribution is 7.88. The average molecular weight is 342 g/mol. The van der Waals surface area contributed by atoms with E-state index in [0.717, 1.165) is 37.7 Å². The second kappa shape index (κ2) is 6.29. The van der Waals surface area contributed by atoms with Crippen molar-refractivity contribution in [2.75, 3.05) is 19.3 Å². The predicted molar refractivity (Wildman–Crippen MR) is 87.9 cm³/mol. The topological polar surface area (TPSA) is 66.5 Å². The molecule has 0 radical (unpaired) electrons. The third kappa shape index (κ3) is 3.36. The van der Waals surface area contributed by atoms with Gasteiger partial charge in [0.05, 0.1) is 11.8 Å². The van der Waals surface area contributed by atoms with Gasteiger partial charge in [0.25, 0.3) is 5.91 Å². The van der Waals surface area contributed by atoms with E-state index in [9.17, 15) is 13.2 Å². The maximum absolute atomic E-state index is 12.5. The standard InChI is InChI=1S/C15H22N2O3S2/c1-22(19,20)17-8-4-5-11(9-17)16-15(18)13-10-21-14-7-3-2-6-12(13)14/h10-11H,2-9H2,1H3,(H,16,18). The van der Waals surface area contributed by atoms with Crippen molar-refractivity contribution in [3.8, 4) is 0 Å². The Morgan fingerprint density at radius 3 is 2.86 bits per heavy atom. The summed E-state index contributed by atoms with van der Waals surface area (Å²) in [6.45, 7) is 0.940. The smallest absolute Gasteiger partial charge is 0.252 e. The molecule has 1 aromatic heterocycles. The molecule has 0 saturated carbocycles. The summed E-state index contributed by atoms with van der Waals surface area (Å²) in [5.41, 5.74) is 2.01. The zero-order valence-corrected chi connectivity index (χ0v) is 14.4. The van der Waals surface area contributed by atoms with Gasteiger partial charge >= 0.3 is 0 Å². The van der Waals surface area contributed by atoms with Gasteiger partial charge in [0.1, 0.15) is 0 Å². The van der Waals surface area contributed by atoms with E-state index in [1.807, 2.05) is 5.38 Å². The lowest BCUT2D eigenvalue weighted by molar-refractivity contribution is 0.0921. The van der Waals surface area contributed by atoms with Crippen molar-refractivity contribution in [1.82, 2.24) is 9.62 Å². The molecule has 2 heterocycles. The highest BCUT2D eigenvalue weighted by atomic mass is 32.2. The number of amides is 1. The Bertz CT molecular complexity index is 666. The van der Waals surface area contributed by atoms with Crippen molar-refractivity contribution in [3.63, 3.8) is 0 Å². The Labute approximate surface area is 135 Å². The largest absolute Gasteiger partial charge is 0.348 e. The van der Waals surface area contributed by atoms with Crippen LogP contribution < -0.4 is 5.32 Å². The van der Waals surface area contributed by atoms with Crippen molar-refractivity contribution < 1.29 is 13.2 Å². The predicted octanol–water partition coefficient (Wildman–Crippen LogP) is 1.78. The van der Waals surface area contributed by atoms with Crippen LogP contribution in [0, 0.1) is 0 Å². The maximum atomic E-state index is 12.5. The number of hydrogen-bond acceptors (Lipinski definition) is 4. The minimum Gasteiger partial charge on any atom is -0.348 e. The number of carbonyl (C=O) groups excluding carboxylic acids is 1. The monoisotopic (exact) mass is 342 g/mol. The molecule has 1 amide bonds. The fourth-order valence-corrected chi connectivity index (χ4v) is 5.35. The molecule has 1 fully saturated rings. The number of thiophene rings is 1. The molecular formula is C15H22N2O3S2. The van der Waals surface area contributed by atoms with Gasteiger partial charge in [0.15, 0.2) is 0 Å². The third-order valence-electron chi connectivity index (χ3n) is 4.49. The zero-order chi connectivity index (χ0) is 15.7. The van der Waals surface area contributed by atoms with Crippen LogP contribution in [0.25, 0.3) is 0 Å². The Morgan fingerprint density at radius 2 is 2.09 bits per heavy atom. The van der Waals surface area contributed by atoms with Crippen LogP contribution in [0.1, 0.15) is 46.5 Å². The molecule has 7 heteroatoms. The first-order valence-electron chi connectivity index (χ1n) is 7.80. The molecule has 1 unspecified atom stereocenters. The highest BCUT2D eigenvalue weighted by Crippen LogP contribution is 2.30. The number of nitrogens with one attached hydrogen (secondary N) is 1. The lowest BCUT2D eigenvalue weighted by Gasteiger charge is -2.31. The van der Waals surface area contributed by atoms with Crippen molar-refractivity contribution in [2.24, 2.45) is 0 Å². The van der Waals surface area contributed by atoms with Crippen molar-refractivity contribution in [1.29, 1.82) is 0 Å². The third-order valence-corrected chi connectivity index (χ3v) is 6.85. The summed E-state index contributed by atoms with van der Waals surface area (Å²) in [5, 5.41) is 5.00. The van der Waals surface area contributed by atoms with Gasteiger partial charge in [-0.2, -0.15) is 0 Å². The van der Waals surface area contributed by atoms with Gasteiger partial charge in [0.2, 0.25) is 10.0 Å². The Hall–Kier alpha value is -0.920. The summed E-state index contributed by atoms with van der Waals surface area (Å²) in [7, 11) is -3.18. The van der Waals surface area contributed by atoms with Gasteiger partial charge in [-0.25, -0.2) is 12.7 Å². The minimum absolute atomic E-state index is 0.0419. The van der Waals surface area contributed by atoms with E-state index in [4.69, 9.17) is 0 Å². The SMILES string of the molecule is CS(=O)(=O)N1CCCC(NC(=O)c2csc3c2CCCC3)C1. The molecule has 0 bridgehead atoms. The van der Waals surface area contributed by atoms with Crippen LogP contribution in [0.15, 0.2) is 5.38 Å². The highest BCUT2D eigenvalue weighted by Gasteiger charge is 2.28. The van der Waals surface area contributed by atoms with Gasteiger partial charge in [0, 0.05) is 29.4 Å². The number of aryl methyl sites for hydroxylation is 1. The minimum atomic E-state index is -3.18. The van der Waals surface area contributed by atoms with Crippen molar-refractivity contribution >= 4 is 27.3 Å². The molecule has 122 valence electrons. The summed E-state index contributed by atoms with van der Waals surface area (Å²) in [5.74, 6) is -0.0419. The summed E-state index contributed by atoms with van der Waals surface area (Å²) in [4.78, 5) is 13.9. The Balaban J connectivity index is 1.68. The fraction of sp³-hybridized carbons (Fsp3) is 0.667. The van der Waals surface area contributed by atoms with E-state index in [2.05, 4.69) is 5.32 Å². The zero-order valence-electron chi connectivity index (χ0n) is 12.8. The summed E-state index contributed by atoms with van der Waals surface area (Å²) in [6, 6.07) is -0.0879. The molecule has 1 N–H and O–H groups in total. The molecule has 5 nitrogen and oxygen atoms in total. The van der Waals surface area contributed by atoms with Gasteiger partial charge in [-0.15, -0.1) is 11.3 Å². The molecule has 0 spiro atoms. The molecule has 1 saturated heterocycles. The first kappa shape index (κ1) is 16.0. The van der Waals surface area contributed by atoms with Crippen LogP contribution in [0.3, 0.4) is 0 Å². The Kier molecular flexibility index (Phi) is 4.56. The van der Waals surface area contributed by atoms with Crippen molar-refractivity contribution in [2.45, 2.75) is 44.6 Å². The number of rotatable bonds is 3. The van der Waals surface area contributed by atoms with Gasteiger partial charge in [-0.3, -0.25) is 4.79 Å². The van der Waals surface area contributed by atoms with E-state index in [-0.39, 0.29) is 11.9 Å². The number of carbonyl (C=O) groups is 1. The number of sulfonamides is 1. The van der Waals surface area contributed by atoms with Crippen LogP contribution in [0.5, 0.6) is 0 Å². The normalized spacial score (nSPS) is 23.0. The van der Waals surface area contributed by atoms with Crippen LogP contribution in [-0.2, 0) is 22.9 Å². The van der Waals surface area contributed by atoms with E-state index >= 15 is 0 Å². The number of fused-ring (bicyclic) bond motifs is 1. The molecule has 3 rings (SSSR count). The fourth-order valence-electron chi connectivity index (χ4n) is 3.31. The lowest BCUT2D eigenvalue weighted by Crippen LogP contribution is -2.49. The van der Waals surface area contributed by atoms with Crippen LogP contribution >= 0.6 is 11.3 Å². The summed E-state index contributed by atoms with van der Waals surface area (Å²) < 4.78 is 24.8. The number of nitrogens with zero attached hydrogens (tertiary/aromatic N) is 1. The van der Waals surface area contributed by atoms with Crippen LogP contribution in [0.4, 0.5) is 0 Å². The quantitative estimate of drug-likeness (QED) is 0.910. The van der Waals surface area contributed by atoms with Crippen LogP contribution in [0.2, 0.25) is 0 Å².